The summed E-state index contributed by atoms with van der Waals surface area (Å²) in [6, 6.07) is 15.7. The molecule has 2 rings (SSSR count). The van der Waals surface area contributed by atoms with Crippen LogP contribution in [0.3, 0.4) is 0 Å². The van der Waals surface area contributed by atoms with Crippen molar-refractivity contribution in [1.29, 1.82) is 0 Å². The Hall–Kier alpha value is -1.87. The van der Waals surface area contributed by atoms with Gasteiger partial charge in [0.25, 0.3) is 0 Å². The van der Waals surface area contributed by atoms with Gasteiger partial charge in [0.2, 0.25) is 0 Å². The van der Waals surface area contributed by atoms with E-state index in [0.29, 0.717) is 12.1 Å². The molecule has 0 aliphatic heterocycles. The average molecular weight is 286 g/mol. The van der Waals surface area contributed by atoms with Crippen molar-refractivity contribution in [2.75, 3.05) is 18.5 Å². The van der Waals surface area contributed by atoms with Gasteiger partial charge in [-0.2, -0.15) is 0 Å². The van der Waals surface area contributed by atoms with Gasteiger partial charge in [-0.25, -0.2) is 4.39 Å². The van der Waals surface area contributed by atoms with Crippen molar-refractivity contribution in [2.45, 2.75) is 25.8 Å². The molecule has 0 heterocycles. The maximum Gasteiger partial charge on any atom is 0.146 e. The molecule has 2 aromatic carbocycles. The van der Waals surface area contributed by atoms with Crippen molar-refractivity contribution < 1.29 is 4.39 Å². The minimum atomic E-state index is -0.177. The fourth-order valence-electron chi connectivity index (χ4n) is 2.42. The largest absolute Gasteiger partial charge is 0.372 e. The molecule has 0 saturated carbocycles. The molecule has 0 radical (unpaired) electrons. The molecule has 0 aromatic heterocycles. The van der Waals surface area contributed by atoms with E-state index in [2.05, 4.69) is 12.1 Å². The Morgan fingerprint density at radius 2 is 1.81 bits per heavy atom. The van der Waals surface area contributed by atoms with Crippen LogP contribution in [-0.4, -0.2) is 19.6 Å². The lowest BCUT2D eigenvalue weighted by Gasteiger charge is -2.20. The van der Waals surface area contributed by atoms with Crippen LogP contribution in [0.15, 0.2) is 48.5 Å². The zero-order chi connectivity index (χ0) is 15.2. The highest BCUT2D eigenvalue weighted by atomic mass is 19.1. The van der Waals surface area contributed by atoms with Crippen molar-refractivity contribution in [3.63, 3.8) is 0 Å². The van der Waals surface area contributed by atoms with Crippen LogP contribution in [0.2, 0.25) is 0 Å². The lowest BCUT2D eigenvalue weighted by Crippen LogP contribution is -2.22. The van der Waals surface area contributed by atoms with Crippen molar-refractivity contribution in [3.05, 3.63) is 65.5 Å². The zero-order valence-corrected chi connectivity index (χ0v) is 12.7. The standard InChI is InChI=1S/C18H23FN2/c1-14(20)12-16-8-9-18(17(19)13-16)21(2)11-10-15-6-4-3-5-7-15/h3-9,13-14H,10-12,20H2,1-2H3. The molecule has 3 heteroatoms. The van der Waals surface area contributed by atoms with Gasteiger partial charge in [-0.3, -0.25) is 0 Å². The third kappa shape index (κ3) is 4.57. The molecule has 1 atom stereocenters. The zero-order valence-electron chi connectivity index (χ0n) is 12.7. The summed E-state index contributed by atoms with van der Waals surface area (Å²) in [5, 5.41) is 0. The van der Waals surface area contributed by atoms with Crippen molar-refractivity contribution >= 4 is 5.69 Å². The van der Waals surface area contributed by atoms with E-state index >= 15 is 0 Å². The Morgan fingerprint density at radius 3 is 2.43 bits per heavy atom. The molecular formula is C18H23FN2. The normalized spacial score (nSPS) is 12.2. The minimum absolute atomic E-state index is 0.0473. The fraction of sp³-hybridized carbons (Fsp3) is 0.333. The Morgan fingerprint density at radius 1 is 1.10 bits per heavy atom. The molecule has 0 bridgehead atoms. The van der Waals surface area contributed by atoms with Crippen LogP contribution < -0.4 is 10.6 Å². The second-order valence-corrected chi connectivity index (χ2v) is 5.62. The quantitative estimate of drug-likeness (QED) is 0.882. The summed E-state index contributed by atoms with van der Waals surface area (Å²) in [6.45, 7) is 2.71. The van der Waals surface area contributed by atoms with E-state index in [-0.39, 0.29) is 11.9 Å². The summed E-state index contributed by atoms with van der Waals surface area (Å²) in [6.07, 6.45) is 1.60. The summed E-state index contributed by atoms with van der Waals surface area (Å²) in [5.74, 6) is -0.177. The molecule has 0 spiro atoms. The van der Waals surface area contributed by atoms with Crippen LogP contribution in [-0.2, 0) is 12.8 Å². The highest BCUT2D eigenvalue weighted by molar-refractivity contribution is 5.48. The molecule has 2 nitrogen and oxygen atoms in total. The number of rotatable bonds is 6. The number of nitrogens with zero attached hydrogens (tertiary/aromatic N) is 1. The summed E-state index contributed by atoms with van der Waals surface area (Å²) in [7, 11) is 1.92. The third-order valence-electron chi connectivity index (χ3n) is 3.56. The lowest BCUT2D eigenvalue weighted by atomic mass is 10.1. The Balaban J connectivity index is 2.00. The van der Waals surface area contributed by atoms with E-state index in [1.807, 2.05) is 49.2 Å². The third-order valence-corrected chi connectivity index (χ3v) is 3.56. The van der Waals surface area contributed by atoms with E-state index in [9.17, 15) is 4.39 Å². The SMILES string of the molecule is CC(N)Cc1ccc(N(C)CCc2ccccc2)c(F)c1. The Labute approximate surface area is 126 Å². The predicted octanol–water partition coefficient (Wildman–Crippen LogP) is 3.39. The van der Waals surface area contributed by atoms with Gasteiger partial charge in [-0.05, 0) is 43.0 Å². The number of benzene rings is 2. The Bertz CT molecular complexity index is 567. The molecule has 0 aliphatic rings. The van der Waals surface area contributed by atoms with Gasteiger partial charge in [-0.1, -0.05) is 36.4 Å². The van der Waals surface area contributed by atoms with Crippen LogP contribution >= 0.6 is 0 Å². The molecular weight excluding hydrogens is 263 g/mol. The lowest BCUT2D eigenvalue weighted by molar-refractivity contribution is 0.617. The van der Waals surface area contributed by atoms with E-state index in [4.69, 9.17) is 5.73 Å². The van der Waals surface area contributed by atoms with Gasteiger partial charge in [0.1, 0.15) is 5.82 Å². The van der Waals surface area contributed by atoms with E-state index in [0.717, 1.165) is 18.5 Å². The van der Waals surface area contributed by atoms with Crippen LogP contribution in [0, 0.1) is 5.82 Å². The molecule has 0 amide bonds. The average Bonchev–Trinajstić information content (AvgIpc) is 2.45. The van der Waals surface area contributed by atoms with E-state index in [1.54, 1.807) is 6.07 Å². The van der Waals surface area contributed by atoms with E-state index in [1.165, 1.54) is 5.56 Å². The van der Waals surface area contributed by atoms with Crippen LogP contribution in [0.4, 0.5) is 10.1 Å². The maximum absolute atomic E-state index is 14.2. The summed E-state index contributed by atoms with van der Waals surface area (Å²) >= 11 is 0. The Kier molecular flexibility index (Phi) is 5.34. The summed E-state index contributed by atoms with van der Waals surface area (Å²) < 4.78 is 14.2. The number of likely N-dealkylation sites (N-methyl/N-ethyl adjacent to an activating group) is 1. The van der Waals surface area contributed by atoms with Crippen LogP contribution in [0.5, 0.6) is 0 Å². The maximum atomic E-state index is 14.2. The molecule has 21 heavy (non-hydrogen) atoms. The molecule has 2 N–H and O–H groups in total. The van der Waals surface area contributed by atoms with Gasteiger partial charge in [0, 0.05) is 19.6 Å². The highest BCUT2D eigenvalue weighted by Gasteiger charge is 2.09. The number of nitrogens with two attached hydrogens (primary N) is 1. The first-order valence-corrected chi connectivity index (χ1v) is 7.35. The van der Waals surface area contributed by atoms with Crippen LogP contribution in [0.25, 0.3) is 0 Å². The monoisotopic (exact) mass is 286 g/mol. The van der Waals surface area contributed by atoms with Crippen molar-refractivity contribution in [3.8, 4) is 0 Å². The second-order valence-electron chi connectivity index (χ2n) is 5.62. The second kappa shape index (κ2) is 7.23. The van der Waals surface area contributed by atoms with E-state index < -0.39 is 0 Å². The first-order chi connectivity index (χ1) is 10.1. The molecule has 2 aromatic rings. The molecule has 1 unspecified atom stereocenters. The van der Waals surface area contributed by atoms with Crippen molar-refractivity contribution in [1.82, 2.24) is 0 Å². The first-order valence-electron chi connectivity index (χ1n) is 7.35. The predicted molar refractivity (Wildman–Crippen MR) is 87.2 cm³/mol. The minimum Gasteiger partial charge on any atom is -0.372 e. The first kappa shape index (κ1) is 15.5. The number of halogens is 1. The molecule has 112 valence electrons. The number of hydrogen-bond donors (Lipinski definition) is 1. The topological polar surface area (TPSA) is 29.3 Å². The van der Waals surface area contributed by atoms with Gasteiger partial charge in [-0.15, -0.1) is 0 Å². The van der Waals surface area contributed by atoms with Gasteiger partial charge < -0.3 is 10.6 Å². The van der Waals surface area contributed by atoms with Gasteiger partial charge in [0.15, 0.2) is 0 Å². The van der Waals surface area contributed by atoms with Crippen LogP contribution in [0.1, 0.15) is 18.1 Å². The fourth-order valence-corrected chi connectivity index (χ4v) is 2.42. The molecule has 0 aliphatic carbocycles. The van der Waals surface area contributed by atoms with Crippen molar-refractivity contribution in [2.24, 2.45) is 5.73 Å². The number of hydrogen-bond acceptors (Lipinski definition) is 2. The molecule has 0 saturated heterocycles. The number of anilines is 1. The van der Waals surface area contributed by atoms with Gasteiger partial charge >= 0.3 is 0 Å². The summed E-state index contributed by atoms with van der Waals surface area (Å²) in [4.78, 5) is 1.96. The smallest absolute Gasteiger partial charge is 0.146 e. The highest BCUT2D eigenvalue weighted by Crippen LogP contribution is 2.20. The summed E-state index contributed by atoms with van der Waals surface area (Å²) in [5.41, 5.74) is 8.60. The van der Waals surface area contributed by atoms with Gasteiger partial charge in [0.05, 0.1) is 5.69 Å². The molecule has 0 fully saturated rings.